The van der Waals surface area contributed by atoms with Crippen LogP contribution in [0.5, 0.6) is 0 Å². The summed E-state index contributed by atoms with van der Waals surface area (Å²) < 4.78 is 0. The Morgan fingerprint density at radius 1 is 1.28 bits per heavy atom. The van der Waals surface area contributed by atoms with Crippen LogP contribution in [0.2, 0.25) is 0 Å². The summed E-state index contributed by atoms with van der Waals surface area (Å²) in [6.45, 7) is 0.918. The van der Waals surface area contributed by atoms with Crippen LogP contribution in [0.1, 0.15) is 35.2 Å². The van der Waals surface area contributed by atoms with Gasteiger partial charge >= 0.3 is 0 Å². The zero-order valence-electron chi connectivity index (χ0n) is 10.2. The fourth-order valence-corrected chi connectivity index (χ4v) is 2.66. The Balaban J connectivity index is 1.82. The van der Waals surface area contributed by atoms with E-state index in [9.17, 15) is 9.59 Å². The molecule has 3 rings (SSSR count). The molecule has 4 nitrogen and oxygen atoms in total. The van der Waals surface area contributed by atoms with Crippen molar-refractivity contribution in [1.82, 2.24) is 5.32 Å². The SMILES string of the molecule is O=C1Cc2cc(C(=O)C3CCCCN3)ccc2N1. The summed E-state index contributed by atoms with van der Waals surface area (Å²) in [5.41, 5.74) is 2.49. The maximum absolute atomic E-state index is 12.3. The molecule has 1 aromatic carbocycles. The van der Waals surface area contributed by atoms with Crippen molar-refractivity contribution < 1.29 is 9.59 Å². The normalized spacial score (nSPS) is 22.4. The van der Waals surface area contributed by atoms with E-state index in [0.29, 0.717) is 12.0 Å². The zero-order chi connectivity index (χ0) is 12.5. The number of hydrogen-bond acceptors (Lipinski definition) is 3. The van der Waals surface area contributed by atoms with E-state index in [2.05, 4.69) is 10.6 Å². The van der Waals surface area contributed by atoms with E-state index in [1.807, 2.05) is 18.2 Å². The van der Waals surface area contributed by atoms with Crippen molar-refractivity contribution in [2.45, 2.75) is 31.7 Å². The molecule has 1 fully saturated rings. The lowest BCUT2D eigenvalue weighted by atomic mass is 9.95. The molecule has 2 N–H and O–H groups in total. The molecule has 0 spiro atoms. The fraction of sp³-hybridized carbons (Fsp3) is 0.429. The first-order valence-electron chi connectivity index (χ1n) is 6.44. The highest BCUT2D eigenvalue weighted by atomic mass is 16.2. The van der Waals surface area contributed by atoms with E-state index in [1.165, 1.54) is 0 Å². The van der Waals surface area contributed by atoms with Gasteiger partial charge in [-0.2, -0.15) is 0 Å². The van der Waals surface area contributed by atoms with Crippen LogP contribution in [0.3, 0.4) is 0 Å². The molecule has 1 saturated heterocycles. The second-order valence-corrected chi connectivity index (χ2v) is 4.96. The average molecular weight is 244 g/mol. The molecule has 2 aliphatic heterocycles. The van der Waals surface area contributed by atoms with Crippen molar-refractivity contribution in [3.8, 4) is 0 Å². The van der Waals surface area contributed by atoms with E-state index >= 15 is 0 Å². The number of piperidine rings is 1. The number of hydrogen-bond donors (Lipinski definition) is 2. The minimum atomic E-state index is -0.0538. The van der Waals surface area contributed by atoms with Crippen molar-refractivity contribution in [1.29, 1.82) is 0 Å². The highest BCUT2D eigenvalue weighted by molar-refractivity contribution is 6.03. The molecule has 0 aliphatic carbocycles. The predicted octanol–water partition coefficient (Wildman–Crippen LogP) is 1.51. The molecular formula is C14H16N2O2. The van der Waals surface area contributed by atoms with Crippen LogP contribution < -0.4 is 10.6 Å². The van der Waals surface area contributed by atoms with E-state index in [1.54, 1.807) is 0 Å². The Bertz CT molecular complexity index is 505. The summed E-state index contributed by atoms with van der Waals surface area (Å²) in [6, 6.07) is 5.44. The molecule has 0 aromatic heterocycles. The lowest BCUT2D eigenvalue weighted by Gasteiger charge is -2.22. The first-order valence-corrected chi connectivity index (χ1v) is 6.44. The van der Waals surface area contributed by atoms with Crippen LogP contribution in [-0.2, 0) is 11.2 Å². The van der Waals surface area contributed by atoms with Crippen LogP contribution in [0.15, 0.2) is 18.2 Å². The predicted molar refractivity (Wildman–Crippen MR) is 68.7 cm³/mol. The fourth-order valence-electron chi connectivity index (χ4n) is 2.66. The molecule has 18 heavy (non-hydrogen) atoms. The molecule has 0 saturated carbocycles. The molecule has 1 amide bonds. The Morgan fingerprint density at radius 2 is 2.17 bits per heavy atom. The number of nitrogens with one attached hydrogen (secondary N) is 2. The van der Waals surface area contributed by atoms with Crippen LogP contribution in [-0.4, -0.2) is 24.3 Å². The molecule has 4 heteroatoms. The van der Waals surface area contributed by atoms with Crippen LogP contribution in [0, 0.1) is 0 Å². The summed E-state index contributed by atoms with van der Waals surface area (Å²) in [5, 5.41) is 6.04. The number of amides is 1. The third-order valence-electron chi connectivity index (χ3n) is 3.64. The Morgan fingerprint density at radius 3 is 2.94 bits per heavy atom. The Hall–Kier alpha value is -1.68. The summed E-state index contributed by atoms with van der Waals surface area (Å²) in [6.07, 6.45) is 3.54. The minimum absolute atomic E-state index is 0.00499. The average Bonchev–Trinajstić information content (AvgIpc) is 2.78. The van der Waals surface area contributed by atoms with Gasteiger partial charge in [0.1, 0.15) is 0 Å². The third-order valence-corrected chi connectivity index (χ3v) is 3.64. The van der Waals surface area contributed by atoms with Gasteiger partial charge < -0.3 is 10.6 Å². The summed E-state index contributed by atoms with van der Waals surface area (Å²) in [7, 11) is 0. The molecule has 1 unspecified atom stereocenters. The van der Waals surface area contributed by atoms with Crippen LogP contribution >= 0.6 is 0 Å². The number of carbonyl (C=O) groups is 2. The number of anilines is 1. The monoisotopic (exact) mass is 244 g/mol. The summed E-state index contributed by atoms with van der Waals surface area (Å²) in [4.78, 5) is 23.6. The standard InChI is InChI=1S/C14H16N2O2/c17-13-8-10-7-9(4-5-11(10)16-13)14(18)12-3-1-2-6-15-12/h4-5,7,12,15H,1-3,6,8H2,(H,16,17). The van der Waals surface area contributed by atoms with Gasteiger partial charge in [0.2, 0.25) is 5.91 Å². The third kappa shape index (κ3) is 2.04. The number of carbonyl (C=O) groups excluding carboxylic acids is 2. The van der Waals surface area contributed by atoms with Crippen molar-refractivity contribution >= 4 is 17.4 Å². The lowest BCUT2D eigenvalue weighted by molar-refractivity contribution is -0.115. The smallest absolute Gasteiger partial charge is 0.228 e. The second-order valence-electron chi connectivity index (χ2n) is 4.96. The van der Waals surface area contributed by atoms with Gasteiger partial charge in [0.05, 0.1) is 12.5 Å². The highest BCUT2D eigenvalue weighted by Crippen LogP contribution is 2.25. The van der Waals surface area contributed by atoms with E-state index in [0.717, 1.165) is 37.1 Å². The molecule has 0 radical (unpaired) electrons. The number of fused-ring (bicyclic) bond motifs is 1. The second kappa shape index (κ2) is 4.53. The number of rotatable bonds is 2. The summed E-state index contributed by atoms with van der Waals surface area (Å²) >= 11 is 0. The van der Waals surface area contributed by atoms with Gasteiger partial charge in [-0.3, -0.25) is 9.59 Å². The van der Waals surface area contributed by atoms with Gasteiger partial charge in [0.15, 0.2) is 5.78 Å². The number of Topliss-reactive ketones (excluding diaryl/α,β-unsaturated/α-hetero) is 1. The molecule has 94 valence electrons. The Kier molecular flexibility index (Phi) is 2.88. The summed E-state index contributed by atoms with van der Waals surface area (Å²) in [5.74, 6) is 0.155. The first-order chi connectivity index (χ1) is 8.74. The largest absolute Gasteiger partial charge is 0.326 e. The van der Waals surface area contributed by atoms with Crippen LogP contribution in [0.25, 0.3) is 0 Å². The molecular weight excluding hydrogens is 228 g/mol. The molecule has 1 atom stereocenters. The molecule has 2 heterocycles. The topological polar surface area (TPSA) is 58.2 Å². The quantitative estimate of drug-likeness (QED) is 0.775. The maximum Gasteiger partial charge on any atom is 0.228 e. The lowest BCUT2D eigenvalue weighted by Crippen LogP contribution is -2.40. The highest BCUT2D eigenvalue weighted by Gasteiger charge is 2.24. The molecule has 0 bridgehead atoms. The van der Waals surface area contributed by atoms with Crippen molar-refractivity contribution in [2.75, 3.05) is 11.9 Å². The van der Waals surface area contributed by atoms with E-state index in [4.69, 9.17) is 0 Å². The number of benzene rings is 1. The van der Waals surface area contributed by atoms with Gasteiger partial charge in [-0.15, -0.1) is 0 Å². The maximum atomic E-state index is 12.3. The molecule has 2 aliphatic rings. The van der Waals surface area contributed by atoms with Crippen molar-refractivity contribution in [2.24, 2.45) is 0 Å². The minimum Gasteiger partial charge on any atom is -0.326 e. The van der Waals surface area contributed by atoms with Gasteiger partial charge in [0.25, 0.3) is 0 Å². The zero-order valence-corrected chi connectivity index (χ0v) is 10.2. The Labute approximate surface area is 106 Å². The number of ketones is 1. The first kappa shape index (κ1) is 11.4. The van der Waals surface area contributed by atoms with E-state index in [-0.39, 0.29) is 17.7 Å². The van der Waals surface area contributed by atoms with Crippen molar-refractivity contribution in [3.05, 3.63) is 29.3 Å². The van der Waals surface area contributed by atoms with Gasteiger partial charge in [-0.05, 0) is 43.1 Å². The van der Waals surface area contributed by atoms with Crippen LogP contribution in [0.4, 0.5) is 5.69 Å². The molecule has 1 aromatic rings. The van der Waals surface area contributed by atoms with Gasteiger partial charge in [-0.25, -0.2) is 0 Å². The van der Waals surface area contributed by atoms with E-state index < -0.39 is 0 Å². The van der Waals surface area contributed by atoms with Crippen molar-refractivity contribution in [3.63, 3.8) is 0 Å². The van der Waals surface area contributed by atoms with Gasteiger partial charge in [-0.1, -0.05) is 6.42 Å². The van der Waals surface area contributed by atoms with Gasteiger partial charge in [0, 0.05) is 11.3 Å².